The van der Waals surface area contributed by atoms with Gasteiger partial charge in [-0.15, -0.1) is 0 Å². The van der Waals surface area contributed by atoms with E-state index in [0.29, 0.717) is 12.8 Å². The molecule has 1 saturated heterocycles. The van der Waals surface area contributed by atoms with E-state index in [4.69, 9.17) is 15.9 Å². The molecule has 9 nitrogen and oxygen atoms in total. The summed E-state index contributed by atoms with van der Waals surface area (Å²) >= 11 is 0. The SMILES string of the molecule is C[C@@H](O)[C@H](NC(=O)[C@@H](N)CO)C(=O)N1CCC[C@H]1C(=O)O. The van der Waals surface area contributed by atoms with Crippen molar-refractivity contribution in [1.82, 2.24) is 10.2 Å². The fraction of sp³-hybridized carbons (Fsp3) is 0.750. The van der Waals surface area contributed by atoms with E-state index in [1.54, 1.807) is 0 Å². The van der Waals surface area contributed by atoms with Gasteiger partial charge >= 0.3 is 5.97 Å². The summed E-state index contributed by atoms with van der Waals surface area (Å²) in [5.74, 6) is -2.58. The third-order valence-electron chi connectivity index (χ3n) is 3.40. The van der Waals surface area contributed by atoms with Crippen molar-refractivity contribution in [2.24, 2.45) is 5.73 Å². The van der Waals surface area contributed by atoms with Gasteiger partial charge in [-0.05, 0) is 19.8 Å². The average Bonchev–Trinajstić information content (AvgIpc) is 2.91. The number of likely N-dealkylation sites (tertiary alicyclic amines) is 1. The number of aliphatic carboxylic acids is 1. The molecule has 120 valence electrons. The van der Waals surface area contributed by atoms with E-state index in [-0.39, 0.29) is 6.54 Å². The Morgan fingerprint density at radius 2 is 2.05 bits per heavy atom. The Bertz CT molecular complexity index is 414. The molecular formula is C12H21N3O6. The molecule has 0 spiro atoms. The van der Waals surface area contributed by atoms with Crippen LogP contribution in [0.3, 0.4) is 0 Å². The van der Waals surface area contributed by atoms with E-state index < -0.39 is 48.6 Å². The van der Waals surface area contributed by atoms with Crippen LogP contribution in [0.2, 0.25) is 0 Å². The Morgan fingerprint density at radius 1 is 1.43 bits per heavy atom. The van der Waals surface area contributed by atoms with Crippen molar-refractivity contribution in [3.63, 3.8) is 0 Å². The lowest BCUT2D eigenvalue weighted by Gasteiger charge is -2.29. The minimum absolute atomic E-state index is 0.251. The van der Waals surface area contributed by atoms with Crippen LogP contribution < -0.4 is 11.1 Å². The van der Waals surface area contributed by atoms with Gasteiger partial charge in [-0.1, -0.05) is 0 Å². The van der Waals surface area contributed by atoms with Crippen molar-refractivity contribution in [3.05, 3.63) is 0 Å². The monoisotopic (exact) mass is 303 g/mol. The summed E-state index contributed by atoms with van der Waals surface area (Å²) in [7, 11) is 0. The largest absolute Gasteiger partial charge is 0.480 e. The number of hydrogen-bond acceptors (Lipinski definition) is 6. The van der Waals surface area contributed by atoms with Gasteiger partial charge in [0.1, 0.15) is 18.1 Å². The lowest BCUT2D eigenvalue weighted by molar-refractivity contribution is -0.150. The van der Waals surface area contributed by atoms with Crippen LogP contribution in [-0.2, 0) is 14.4 Å². The molecule has 21 heavy (non-hydrogen) atoms. The van der Waals surface area contributed by atoms with Gasteiger partial charge in [-0.3, -0.25) is 9.59 Å². The number of nitrogens with zero attached hydrogens (tertiary/aromatic N) is 1. The topological polar surface area (TPSA) is 153 Å². The molecule has 1 rings (SSSR count). The lowest BCUT2D eigenvalue weighted by Crippen LogP contribution is -2.58. The lowest BCUT2D eigenvalue weighted by atomic mass is 10.1. The maximum absolute atomic E-state index is 12.3. The molecule has 1 heterocycles. The second-order valence-corrected chi connectivity index (χ2v) is 5.04. The molecule has 0 aliphatic carbocycles. The summed E-state index contributed by atoms with van der Waals surface area (Å²) in [4.78, 5) is 36.2. The highest BCUT2D eigenvalue weighted by atomic mass is 16.4. The zero-order valence-corrected chi connectivity index (χ0v) is 11.7. The molecule has 1 aliphatic rings. The second-order valence-electron chi connectivity index (χ2n) is 5.04. The van der Waals surface area contributed by atoms with Gasteiger partial charge in [0, 0.05) is 6.54 Å². The van der Waals surface area contributed by atoms with E-state index in [0.717, 1.165) is 4.90 Å². The van der Waals surface area contributed by atoms with E-state index >= 15 is 0 Å². The van der Waals surface area contributed by atoms with Gasteiger partial charge in [0.2, 0.25) is 11.8 Å². The molecule has 1 aliphatic heterocycles. The van der Waals surface area contributed by atoms with Crippen molar-refractivity contribution in [2.45, 2.75) is 44.0 Å². The van der Waals surface area contributed by atoms with E-state index in [1.165, 1.54) is 6.92 Å². The Hall–Kier alpha value is -1.71. The van der Waals surface area contributed by atoms with Crippen LogP contribution in [0.4, 0.5) is 0 Å². The summed E-state index contributed by atoms with van der Waals surface area (Å²) in [6.45, 7) is 0.953. The second kappa shape index (κ2) is 7.34. The highest BCUT2D eigenvalue weighted by Gasteiger charge is 2.39. The standard InChI is InChI=1S/C12H21N3O6/c1-6(17)9(14-10(18)7(13)5-16)11(19)15-4-2-3-8(15)12(20)21/h6-9,16-17H,2-5,13H2,1H3,(H,14,18)(H,20,21)/t6-,7+,8+,9+/m1/s1. The van der Waals surface area contributed by atoms with Crippen LogP contribution in [0.25, 0.3) is 0 Å². The number of aliphatic hydroxyl groups excluding tert-OH is 2. The van der Waals surface area contributed by atoms with Crippen molar-refractivity contribution >= 4 is 17.8 Å². The fourth-order valence-electron chi connectivity index (χ4n) is 2.20. The fourth-order valence-corrected chi connectivity index (χ4v) is 2.20. The highest BCUT2D eigenvalue weighted by molar-refractivity contribution is 5.92. The molecule has 0 aromatic carbocycles. The predicted octanol–water partition coefficient (Wildman–Crippen LogP) is -2.75. The van der Waals surface area contributed by atoms with E-state index in [2.05, 4.69) is 5.32 Å². The van der Waals surface area contributed by atoms with Gasteiger partial charge in [0.15, 0.2) is 0 Å². The molecule has 2 amide bonds. The number of nitrogens with one attached hydrogen (secondary N) is 1. The molecular weight excluding hydrogens is 282 g/mol. The summed E-state index contributed by atoms with van der Waals surface area (Å²) in [6, 6.07) is -3.47. The maximum Gasteiger partial charge on any atom is 0.326 e. The molecule has 6 N–H and O–H groups in total. The Balaban J connectivity index is 2.83. The number of aliphatic hydroxyl groups is 2. The molecule has 0 radical (unpaired) electrons. The Morgan fingerprint density at radius 3 is 2.52 bits per heavy atom. The minimum atomic E-state index is -1.30. The number of carbonyl (C=O) groups is 3. The molecule has 1 fully saturated rings. The number of nitrogens with two attached hydrogens (primary N) is 1. The van der Waals surface area contributed by atoms with Gasteiger partial charge < -0.3 is 31.3 Å². The van der Waals surface area contributed by atoms with Crippen molar-refractivity contribution in [2.75, 3.05) is 13.2 Å². The molecule has 0 aromatic rings. The first-order valence-electron chi connectivity index (χ1n) is 6.67. The molecule has 9 heteroatoms. The number of amides is 2. The maximum atomic E-state index is 12.3. The van der Waals surface area contributed by atoms with E-state index in [9.17, 15) is 19.5 Å². The van der Waals surface area contributed by atoms with Crippen LogP contribution in [0.1, 0.15) is 19.8 Å². The van der Waals surface area contributed by atoms with Gasteiger partial charge in [-0.2, -0.15) is 0 Å². The third kappa shape index (κ3) is 4.13. The number of carboxylic acid groups (broad SMARTS) is 1. The van der Waals surface area contributed by atoms with Crippen LogP contribution in [0.15, 0.2) is 0 Å². The zero-order chi connectivity index (χ0) is 16.2. The number of carboxylic acids is 1. The third-order valence-corrected chi connectivity index (χ3v) is 3.40. The van der Waals surface area contributed by atoms with Crippen molar-refractivity contribution in [3.8, 4) is 0 Å². The van der Waals surface area contributed by atoms with Crippen LogP contribution >= 0.6 is 0 Å². The predicted molar refractivity (Wildman–Crippen MR) is 71.0 cm³/mol. The molecule has 0 unspecified atom stereocenters. The quantitative estimate of drug-likeness (QED) is 0.356. The highest BCUT2D eigenvalue weighted by Crippen LogP contribution is 2.19. The minimum Gasteiger partial charge on any atom is -0.480 e. The normalized spacial score (nSPS) is 22.5. The Labute approximate surface area is 121 Å². The summed E-state index contributed by atoms with van der Waals surface area (Å²) in [5, 5.41) is 29.8. The van der Waals surface area contributed by atoms with Crippen LogP contribution in [-0.4, -0.2) is 75.4 Å². The van der Waals surface area contributed by atoms with Crippen LogP contribution in [0, 0.1) is 0 Å². The smallest absolute Gasteiger partial charge is 0.326 e. The first-order valence-corrected chi connectivity index (χ1v) is 6.67. The van der Waals surface area contributed by atoms with Gasteiger partial charge in [-0.25, -0.2) is 4.79 Å². The number of rotatable bonds is 6. The number of carbonyl (C=O) groups excluding carboxylic acids is 2. The summed E-state index contributed by atoms with van der Waals surface area (Å²) in [5.41, 5.74) is 5.33. The molecule has 4 atom stereocenters. The van der Waals surface area contributed by atoms with Crippen molar-refractivity contribution < 1.29 is 29.7 Å². The first-order chi connectivity index (χ1) is 9.79. The number of hydrogen-bond donors (Lipinski definition) is 5. The summed E-state index contributed by atoms with van der Waals surface area (Å²) in [6.07, 6.45) is -0.348. The van der Waals surface area contributed by atoms with Gasteiger partial charge in [0.05, 0.1) is 12.7 Å². The van der Waals surface area contributed by atoms with E-state index in [1.807, 2.05) is 0 Å². The molecule has 0 saturated carbocycles. The summed E-state index contributed by atoms with van der Waals surface area (Å²) < 4.78 is 0. The van der Waals surface area contributed by atoms with Crippen LogP contribution in [0.5, 0.6) is 0 Å². The zero-order valence-electron chi connectivity index (χ0n) is 11.7. The van der Waals surface area contributed by atoms with Gasteiger partial charge in [0.25, 0.3) is 0 Å². The van der Waals surface area contributed by atoms with Crippen molar-refractivity contribution in [1.29, 1.82) is 0 Å². The molecule has 0 bridgehead atoms. The molecule has 0 aromatic heterocycles. The Kier molecular flexibility index (Phi) is 6.06. The average molecular weight is 303 g/mol. The first kappa shape index (κ1) is 17.3.